The van der Waals surface area contributed by atoms with Crippen molar-refractivity contribution in [2.75, 3.05) is 5.32 Å². The van der Waals surface area contributed by atoms with Crippen LogP contribution in [0.3, 0.4) is 0 Å². The summed E-state index contributed by atoms with van der Waals surface area (Å²) >= 11 is 1.49. The van der Waals surface area contributed by atoms with Crippen LogP contribution in [0.1, 0.15) is 33.1 Å². The summed E-state index contributed by atoms with van der Waals surface area (Å²) in [6, 6.07) is 5.34. The van der Waals surface area contributed by atoms with Crippen molar-refractivity contribution in [2.45, 2.75) is 31.6 Å². The van der Waals surface area contributed by atoms with Crippen LogP contribution in [0.5, 0.6) is 0 Å². The van der Waals surface area contributed by atoms with Gasteiger partial charge in [0.25, 0.3) is 5.91 Å². The van der Waals surface area contributed by atoms with Crippen molar-refractivity contribution in [1.82, 2.24) is 19.9 Å². The number of thioether (sulfide) groups is 1. The highest BCUT2D eigenvalue weighted by Gasteiger charge is 2.16. The lowest BCUT2D eigenvalue weighted by Gasteiger charge is -2.09. The zero-order chi connectivity index (χ0) is 18.0. The van der Waals surface area contributed by atoms with Crippen molar-refractivity contribution in [3.05, 3.63) is 52.7 Å². The van der Waals surface area contributed by atoms with Gasteiger partial charge >= 0.3 is 0 Å². The quantitative estimate of drug-likeness (QED) is 0.705. The molecule has 1 amide bonds. The molecule has 8 heteroatoms. The molecular formula is C17H19N5O2S. The molecule has 1 N–H and O–H groups in total. The molecule has 0 aliphatic carbocycles. The van der Waals surface area contributed by atoms with Gasteiger partial charge in [0.1, 0.15) is 16.6 Å². The number of carbonyl (C=O) groups is 1. The van der Waals surface area contributed by atoms with Gasteiger partial charge in [0, 0.05) is 30.6 Å². The predicted molar refractivity (Wildman–Crippen MR) is 95.7 cm³/mol. The number of carbonyl (C=O) groups excluding carboxylic acids is 1. The van der Waals surface area contributed by atoms with Crippen LogP contribution in [0.15, 0.2) is 33.9 Å². The van der Waals surface area contributed by atoms with E-state index in [0.717, 1.165) is 22.7 Å². The largest absolute Gasteiger partial charge is 0.361 e. The van der Waals surface area contributed by atoms with Crippen molar-refractivity contribution < 1.29 is 9.32 Å². The maximum absolute atomic E-state index is 12.7. The van der Waals surface area contributed by atoms with E-state index < -0.39 is 0 Å². The van der Waals surface area contributed by atoms with E-state index in [1.807, 2.05) is 26.8 Å². The van der Waals surface area contributed by atoms with E-state index in [4.69, 9.17) is 4.52 Å². The minimum atomic E-state index is -0.211. The second-order valence-electron chi connectivity index (χ2n) is 5.70. The van der Waals surface area contributed by atoms with Crippen LogP contribution in [-0.2, 0) is 12.8 Å². The Morgan fingerprint density at radius 3 is 2.80 bits per heavy atom. The minimum Gasteiger partial charge on any atom is -0.361 e. The maximum Gasteiger partial charge on any atom is 0.259 e. The van der Waals surface area contributed by atoms with Gasteiger partial charge in [-0.3, -0.25) is 9.48 Å². The van der Waals surface area contributed by atoms with Gasteiger partial charge in [-0.2, -0.15) is 5.10 Å². The lowest BCUT2D eigenvalue weighted by Crippen LogP contribution is -2.16. The number of nitrogens with zero attached hydrogens (tertiary/aromatic N) is 4. The predicted octanol–water partition coefficient (Wildman–Crippen LogP) is 3.27. The molecule has 130 valence electrons. The standard InChI is InChI=1S/C17H19N5O2S/c1-10-8-15(22(4)20-10)19-16(23)13-6-5-7-18-17(13)25-9-14-11(2)21-24-12(14)3/h5-8H,9H2,1-4H3,(H,19,23). The first-order chi connectivity index (χ1) is 12.0. The Bertz CT molecular complexity index is 896. The highest BCUT2D eigenvalue weighted by Crippen LogP contribution is 2.27. The summed E-state index contributed by atoms with van der Waals surface area (Å²) in [6.07, 6.45) is 1.68. The highest BCUT2D eigenvalue weighted by molar-refractivity contribution is 7.98. The monoisotopic (exact) mass is 357 g/mol. The van der Waals surface area contributed by atoms with E-state index in [9.17, 15) is 4.79 Å². The summed E-state index contributed by atoms with van der Waals surface area (Å²) in [5.74, 6) is 1.87. The Labute approximate surface area is 149 Å². The van der Waals surface area contributed by atoms with Crippen molar-refractivity contribution in [2.24, 2.45) is 7.05 Å². The number of hydrogen-bond donors (Lipinski definition) is 1. The Morgan fingerprint density at radius 1 is 1.36 bits per heavy atom. The molecule has 25 heavy (non-hydrogen) atoms. The Balaban J connectivity index is 1.78. The second kappa shape index (κ2) is 7.10. The molecule has 0 saturated carbocycles. The molecule has 0 spiro atoms. The van der Waals surface area contributed by atoms with Crippen LogP contribution in [0.4, 0.5) is 5.82 Å². The highest BCUT2D eigenvalue weighted by atomic mass is 32.2. The number of aromatic nitrogens is 4. The number of rotatable bonds is 5. The molecule has 0 aromatic carbocycles. The molecule has 0 atom stereocenters. The fourth-order valence-corrected chi connectivity index (χ4v) is 3.58. The molecule has 0 unspecified atom stereocenters. The zero-order valence-corrected chi connectivity index (χ0v) is 15.3. The second-order valence-corrected chi connectivity index (χ2v) is 6.66. The molecule has 3 aromatic heterocycles. The third kappa shape index (κ3) is 3.74. The first-order valence-corrected chi connectivity index (χ1v) is 8.76. The zero-order valence-electron chi connectivity index (χ0n) is 14.5. The molecule has 0 saturated heterocycles. The number of nitrogens with one attached hydrogen (secondary N) is 1. The molecule has 3 rings (SSSR count). The Kier molecular flexibility index (Phi) is 4.89. The summed E-state index contributed by atoms with van der Waals surface area (Å²) in [5.41, 5.74) is 3.26. The molecule has 0 bridgehead atoms. The molecule has 7 nitrogen and oxygen atoms in total. The molecule has 0 fully saturated rings. The van der Waals surface area contributed by atoms with E-state index in [1.54, 1.807) is 30.1 Å². The van der Waals surface area contributed by atoms with Gasteiger partial charge in [-0.25, -0.2) is 4.98 Å². The molecule has 0 aliphatic rings. The van der Waals surface area contributed by atoms with Crippen LogP contribution in [0, 0.1) is 20.8 Å². The summed E-state index contributed by atoms with van der Waals surface area (Å²) in [7, 11) is 1.79. The van der Waals surface area contributed by atoms with Crippen molar-refractivity contribution in [3.8, 4) is 0 Å². The van der Waals surface area contributed by atoms with Crippen molar-refractivity contribution >= 4 is 23.5 Å². The Hall–Kier alpha value is -2.61. The van der Waals surface area contributed by atoms with Gasteiger partial charge in [0.2, 0.25) is 0 Å². The van der Waals surface area contributed by atoms with Crippen LogP contribution < -0.4 is 5.32 Å². The Morgan fingerprint density at radius 2 is 2.16 bits per heavy atom. The maximum atomic E-state index is 12.7. The number of anilines is 1. The van der Waals surface area contributed by atoms with Gasteiger partial charge in [-0.1, -0.05) is 5.16 Å². The van der Waals surface area contributed by atoms with Crippen molar-refractivity contribution in [3.63, 3.8) is 0 Å². The fraction of sp³-hybridized carbons (Fsp3) is 0.294. The van der Waals surface area contributed by atoms with Crippen LogP contribution in [0.25, 0.3) is 0 Å². The van der Waals surface area contributed by atoms with Crippen LogP contribution in [0.2, 0.25) is 0 Å². The topological polar surface area (TPSA) is 85.8 Å². The number of hydrogen-bond acceptors (Lipinski definition) is 6. The average molecular weight is 357 g/mol. The lowest BCUT2D eigenvalue weighted by molar-refractivity contribution is 0.102. The SMILES string of the molecule is Cc1cc(NC(=O)c2cccnc2SCc2c(C)noc2C)n(C)n1. The molecule has 3 aromatic rings. The van der Waals surface area contributed by atoms with E-state index >= 15 is 0 Å². The molecule has 0 aliphatic heterocycles. The number of aryl methyl sites for hydroxylation is 4. The van der Waals surface area contributed by atoms with Crippen molar-refractivity contribution in [1.29, 1.82) is 0 Å². The summed E-state index contributed by atoms with van der Waals surface area (Å²) < 4.78 is 6.82. The number of pyridine rings is 1. The lowest BCUT2D eigenvalue weighted by atomic mass is 10.2. The molecule has 0 radical (unpaired) electrons. The third-order valence-electron chi connectivity index (χ3n) is 3.79. The van der Waals surface area contributed by atoms with Gasteiger partial charge in [-0.15, -0.1) is 11.8 Å². The smallest absolute Gasteiger partial charge is 0.259 e. The average Bonchev–Trinajstić information content (AvgIpc) is 3.07. The van der Waals surface area contributed by atoms with Crippen LogP contribution in [-0.4, -0.2) is 25.8 Å². The van der Waals surface area contributed by atoms with Gasteiger partial charge in [0.15, 0.2) is 0 Å². The number of amides is 1. The summed E-state index contributed by atoms with van der Waals surface area (Å²) in [4.78, 5) is 17.0. The van der Waals surface area contributed by atoms with Gasteiger partial charge < -0.3 is 9.84 Å². The summed E-state index contributed by atoms with van der Waals surface area (Å²) in [5, 5.41) is 11.7. The molecular weight excluding hydrogens is 338 g/mol. The molecule has 3 heterocycles. The minimum absolute atomic E-state index is 0.211. The van der Waals surface area contributed by atoms with Gasteiger partial charge in [0.05, 0.1) is 17.0 Å². The first kappa shape index (κ1) is 17.2. The van der Waals surface area contributed by atoms with E-state index in [2.05, 4.69) is 20.6 Å². The third-order valence-corrected chi connectivity index (χ3v) is 4.83. The summed E-state index contributed by atoms with van der Waals surface area (Å²) in [6.45, 7) is 5.67. The van der Waals surface area contributed by atoms with E-state index in [-0.39, 0.29) is 5.91 Å². The van der Waals surface area contributed by atoms with E-state index in [0.29, 0.717) is 22.2 Å². The van der Waals surface area contributed by atoms with Crippen LogP contribution >= 0.6 is 11.8 Å². The first-order valence-electron chi connectivity index (χ1n) is 7.77. The van der Waals surface area contributed by atoms with Gasteiger partial charge in [-0.05, 0) is 32.9 Å². The fourth-order valence-electron chi connectivity index (χ4n) is 2.44. The van der Waals surface area contributed by atoms with E-state index in [1.165, 1.54) is 11.8 Å². The normalized spacial score (nSPS) is 10.9.